The van der Waals surface area contributed by atoms with E-state index in [1.54, 1.807) is 6.92 Å². The average molecular weight is 207 g/mol. The first-order valence-electron chi connectivity index (χ1n) is 4.74. The zero-order chi connectivity index (χ0) is 11.5. The highest BCUT2D eigenvalue weighted by molar-refractivity contribution is 5.79. The maximum absolute atomic E-state index is 9.51. The molecular formula is C12H17NO2. The van der Waals surface area contributed by atoms with Gasteiger partial charge in [-0.05, 0) is 19.5 Å². The minimum Gasteiger partial charge on any atom is -0.478 e. The molecule has 0 saturated heterocycles. The standard InChI is InChI=1S/C8H11N.C4H6O2/c1-9-7-8-5-3-2-4-6-8;1-2-3-4(5)6/h2-6,9H,7H2,1H3;2-3H,1H3,(H,5,6)/b;3-2+. The molecule has 0 fully saturated rings. The molecule has 15 heavy (non-hydrogen) atoms. The Labute approximate surface area is 90.4 Å². The molecule has 0 unspecified atom stereocenters. The van der Waals surface area contributed by atoms with Crippen LogP contribution in [0.1, 0.15) is 12.5 Å². The van der Waals surface area contributed by atoms with Gasteiger partial charge in [-0.25, -0.2) is 4.79 Å². The van der Waals surface area contributed by atoms with E-state index >= 15 is 0 Å². The van der Waals surface area contributed by atoms with Gasteiger partial charge < -0.3 is 10.4 Å². The molecule has 0 amide bonds. The summed E-state index contributed by atoms with van der Waals surface area (Å²) in [6.07, 6.45) is 2.56. The highest BCUT2D eigenvalue weighted by Gasteiger charge is 1.83. The van der Waals surface area contributed by atoms with Crippen molar-refractivity contribution >= 4 is 5.97 Å². The second-order valence-corrected chi connectivity index (χ2v) is 2.85. The van der Waals surface area contributed by atoms with E-state index in [1.165, 1.54) is 11.6 Å². The molecule has 0 atom stereocenters. The molecular weight excluding hydrogens is 190 g/mol. The third-order valence-corrected chi connectivity index (χ3v) is 1.53. The van der Waals surface area contributed by atoms with Gasteiger partial charge in [-0.1, -0.05) is 36.4 Å². The van der Waals surface area contributed by atoms with E-state index in [4.69, 9.17) is 5.11 Å². The third-order valence-electron chi connectivity index (χ3n) is 1.53. The first-order valence-corrected chi connectivity index (χ1v) is 4.74. The fourth-order valence-electron chi connectivity index (χ4n) is 0.943. The van der Waals surface area contributed by atoms with Gasteiger partial charge in [0.25, 0.3) is 0 Å². The van der Waals surface area contributed by atoms with Gasteiger partial charge in [-0.15, -0.1) is 0 Å². The lowest BCUT2D eigenvalue weighted by molar-refractivity contribution is -0.131. The average Bonchev–Trinajstić information content (AvgIpc) is 2.20. The van der Waals surface area contributed by atoms with Crippen molar-refractivity contribution in [2.24, 2.45) is 0 Å². The number of benzene rings is 1. The molecule has 3 nitrogen and oxygen atoms in total. The second kappa shape index (κ2) is 8.97. The predicted octanol–water partition coefficient (Wildman–Crippen LogP) is 2.05. The number of allylic oxidation sites excluding steroid dienone is 1. The summed E-state index contributed by atoms with van der Waals surface area (Å²) in [5.41, 5.74) is 1.33. The van der Waals surface area contributed by atoms with Crippen molar-refractivity contribution in [2.75, 3.05) is 7.05 Å². The predicted molar refractivity (Wildman–Crippen MR) is 61.7 cm³/mol. The summed E-state index contributed by atoms with van der Waals surface area (Å²) in [4.78, 5) is 9.51. The smallest absolute Gasteiger partial charge is 0.327 e. The zero-order valence-corrected chi connectivity index (χ0v) is 9.10. The van der Waals surface area contributed by atoms with Gasteiger partial charge in [-0.3, -0.25) is 0 Å². The Morgan fingerprint density at radius 2 is 2.00 bits per heavy atom. The largest absolute Gasteiger partial charge is 0.478 e. The topological polar surface area (TPSA) is 49.3 Å². The molecule has 0 aliphatic rings. The normalized spacial score (nSPS) is 9.47. The van der Waals surface area contributed by atoms with Crippen LogP contribution < -0.4 is 5.32 Å². The Morgan fingerprint density at radius 1 is 1.40 bits per heavy atom. The van der Waals surface area contributed by atoms with Crippen molar-refractivity contribution in [1.29, 1.82) is 0 Å². The minimum atomic E-state index is -0.891. The molecule has 3 heteroatoms. The number of carboxylic acids is 1. The number of carbonyl (C=O) groups is 1. The molecule has 82 valence electrons. The van der Waals surface area contributed by atoms with E-state index in [0.29, 0.717) is 0 Å². The van der Waals surface area contributed by atoms with Crippen LogP contribution in [0, 0.1) is 0 Å². The van der Waals surface area contributed by atoms with E-state index in [9.17, 15) is 4.79 Å². The van der Waals surface area contributed by atoms with Crippen molar-refractivity contribution < 1.29 is 9.90 Å². The second-order valence-electron chi connectivity index (χ2n) is 2.85. The molecule has 0 aliphatic heterocycles. The molecule has 0 heterocycles. The molecule has 0 saturated carbocycles. The van der Waals surface area contributed by atoms with E-state index in [0.717, 1.165) is 12.6 Å². The van der Waals surface area contributed by atoms with Gasteiger partial charge >= 0.3 is 5.97 Å². The summed E-state index contributed by atoms with van der Waals surface area (Å²) in [5, 5.41) is 10.9. The SMILES string of the molecule is C/C=C/C(=O)O.CNCc1ccccc1. The number of hydrogen-bond acceptors (Lipinski definition) is 2. The van der Waals surface area contributed by atoms with Crippen LogP contribution in [0.3, 0.4) is 0 Å². The maximum atomic E-state index is 9.51. The Bertz CT molecular complexity index is 294. The summed E-state index contributed by atoms with van der Waals surface area (Å²) >= 11 is 0. The zero-order valence-electron chi connectivity index (χ0n) is 9.10. The summed E-state index contributed by atoms with van der Waals surface area (Å²) < 4.78 is 0. The summed E-state index contributed by atoms with van der Waals surface area (Å²) in [7, 11) is 1.95. The van der Waals surface area contributed by atoms with Gasteiger partial charge in [-0.2, -0.15) is 0 Å². The van der Waals surface area contributed by atoms with Gasteiger partial charge in [0.15, 0.2) is 0 Å². The van der Waals surface area contributed by atoms with Crippen molar-refractivity contribution in [2.45, 2.75) is 13.5 Å². The Morgan fingerprint density at radius 3 is 2.33 bits per heavy atom. The fraction of sp³-hybridized carbons (Fsp3) is 0.250. The Balaban J connectivity index is 0.000000288. The lowest BCUT2D eigenvalue weighted by Crippen LogP contribution is -2.04. The molecule has 1 aromatic carbocycles. The van der Waals surface area contributed by atoms with Crippen molar-refractivity contribution in [3.05, 3.63) is 48.0 Å². The lowest BCUT2D eigenvalue weighted by Gasteiger charge is -1.95. The third kappa shape index (κ3) is 8.71. The van der Waals surface area contributed by atoms with Crippen molar-refractivity contribution in [3.8, 4) is 0 Å². The van der Waals surface area contributed by atoms with Crippen LogP contribution in [0.2, 0.25) is 0 Å². The fourth-order valence-corrected chi connectivity index (χ4v) is 0.943. The highest BCUT2D eigenvalue weighted by atomic mass is 16.4. The molecule has 0 radical (unpaired) electrons. The van der Waals surface area contributed by atoms with Gasteiger partial charge in [0.05, 0.1) is 0 Å². The minimum absolute atomic E-state index is 0.891. The number of hydrogen-bond donors (Lipinski definition) is 2. The van der Waals surface area contributed by atoms with E-state index in [1.807, 2.05) is 25.2 Å². The van der Waals surface area contributed by atoms with Crippen molar-refractivity contribution in [3.63, 3.8) is 0 Å². The maximum Gasteiger partial charge on any atom is 0.327 e. The molecule has 0 aromatic heterocycles. The Hall–Kier alpha value is -1.61. The van der Waals surface area contributed by atoms with Gasteiger partial charge in [0, 0.05) is 12.6 Å². The van der Waals surface area contributed by atoms with E-state index in [2.05, 4.69) is 17.4 Å². The van der Waals surface area contributed by atoms with E-state index < -0.39 is 5.97 Å². The van der Waals surface area contributed by atoms with Crippen LogP contribution in [-0.4, -0.2) is 18.1 Å². The van der Waals surface area contributed by atoms with Crippen LogP contribution in [0.4, 0.5) is 0 Å². The van der Waals surface area contributed by atoms with Crippen LogP contribution in [0.5, 0.6) is 0 Å². The molecule has 0 spiro atoms. The molecule has 2 N–H and O–H groups in total. The molecule has 0 bridgehead atoms. The van der Waals surface area contributed by atoms with Crippen LogP contribution in [-0.2, 0) is 11.3 Å². The molecule has 1 rings (SSSR count). The quantitative estimate of drug-likeness (QED) is 0.746. The first-order chi connectivity index (χ1) is 7.20. The Kier molecular flexibility index (Phi) is 8.00. The number of nitrogens with one attached hydrogen (secondary N) is 1. The monoisotopic (exact) mass is 207 g/mol. The number of aliphatic carboxylic acids is 1. The summed E-state index contributed by atoms with van der Waals surface area (Å²) in [6.45, 7) is 2.62. The highest BCUT2D eigenvalue weighted by Crippen LogP contribution is 1.95. The molecule has 1 aromatic rings. The number of carboxylic acid groups (broad SMARTS) is 1. The van der Waals surface area contributed by atoms with Crippen LogP contribution in [0.25, 0.3) is 0 Å². The number of rotatable bonds is 3. The first kappa shape index (κ1) is 13.4. The van der Waals surface area contributed by atoms with Gasteiger partial charge in [0.2, 0.25) is 0 Å². The molecule has 0 aliphatic carbocycles. The lowest BCUT2D eigenvalue weighted by atomic mass is 10.2. The van der Waals surface area contributed by atoms with Gasteiger partial charge in [0.1, 0.15) is 0 Å². The van der Waals surface area contributed by atoms with E-state index in [-0.39, 0.29) is 0 Å². The summed E-state index contributed by atoms with van der Waals surface area (Å²) in [6, 6.07) is 10.3. The van der Waals surface area contributed by atoms with Crippen LogP contribution >= 0.6 is 0 Å². The van der Waals surface area contributed by atoms with Crippen molar-refractivity contribution in [1.82, 2.24) is 5.32 Å². The summed E-state index contributed by atoms with van der Waals surface area (Å²) in [5.74, 6) is -0.891. The van der Waals surface area contributed by atoms with Crippen LogP contribution in [0.15, 0.2) is 42.5 Å².